The molecule has 0 fully saturated rings. The van der Waals surface area contributed by atoms with E-state index in [4.69, 9.17) is 0 Å². The van der Waals surface area contributed by atoms with Crippen LogP contribution in [0.2, 0.25) is 0 Å². The molecule has 0 heterocycles. The van der Waals surface area contributed by atoms with Crippen LogP contribution >= 0.6 is 11.8 Å². The van der Waals surface area contributed by atoms with Gasteiger partial charge in [-0.15, -0.1) is 0 Å². The first-order valence-corrected chi connectivity index (χ1v) is 2.45. The van der Waals surface area contributed by atoms with E-state index < -0.39 is 0 Å². The van der Waals surface area contributed by atoms with Crippen molar-refractivity contribution < 1.29 is 31.0 Å². The molecule has 0 saturated heterocycles. The second-order valence-electron chi connectivity index (χ2n) is 0.408. The number of hydrogen-bond donors (Lipinski definition) is 0. The molecular weight excluding hydrogens is 79.1 g/mol. The van der Waals surface area contributed by atoms with Gasteiger partial charge in [0.15, 0.2) is 0 Å². The molecule has 0 rings (SSSR count). The molecule has 0 spiro atoms. The van der Waals surface area contributed by atoms with Gasteiger partial charge in [0, 0.05) is 0 Å². The summed E-state index contributed by atoms with van der Waals surface area (Å²) >= 11 is 1.75. The van der Waals surface area contributed by atoms with Crippen molar-refractivity contribution in [2.45, 2.75) is 0 Å². The fourth-order valence-electron chi connectivity index (χ4n) is 0. The Bertz CT molecular complexity index is 9.61. The van der Waals surface area contributed by atoms with Crippen molar-refractivity contribution in [3.05, 3.63) is 0 Å². The first-order valence-electron chi connectivity index (χ1n) is 0.816. The average Bonchev–Trinajstić information content (AvgIpc) is 0.918. The number of hydrogen-bond acceptors (Lipinski definition) is 1. The van der Waals surface area contributed by atoms with Gasteiger partial charge in [-0.25, -0.2) is 0 Å². The van der Waals surface area contributed by atoms with Crippen LogP contribution in [0.5, 0.6) is 0 Å². The molecule has 0 aliphatic heterocycles. The molecule has 0 amide bonds. The molecule has 2 heteroatoms. The third kappa shape index (κ3) is 10.2. The van der Waals surface area contributed by atoms with Crippen LogP contribution in [0.15, 0.2) is 0 Å². The first-order chi connectivity index (χ1) is 1.41. The van der Waals surface area contributed by atoms with Crippen molar-refractivity contribution in [2.75, 3.05) is 12.5 Å². The third-order valence-electron chi connectivity index (χ3n) is 0. The van der Waals surface area contributed by atoms with Gasteiger partial charge in [0.1, 0.15) is 0 Å². The molecule has 0 aromatic heterocycles. The summed E-state index contributed by atoms with van der Waals surface area (Å²) in [4.78, 5) is 0. The minimum absolute atomic E-state index is 0. The largest absolute Gasteiger partial charge is 1.00 e. The smallest absolute Gasteiger partial charge is 1.00 e. The zero-order valence-electron chi connectivity index (χ0n) is 4.41. The van der Waals surface area contributed by atoms with Gasteiger partial charge in [0.05, 0.1) is 0 Å². The molecule has 0 aliphatic carbocycles. The molecule has 0 aliphatic rings. The predicted octanol–water partition coefficient (Wildman–Crippen LogP) is -1.90. The first kappa shape index (κ1) is 9.02. The van der Waals surface area contributed by atoms with Crippen LogP contribution in [0.3, 0.4) is 0 Å². The third-order valence-corrected chi connectivity index (χ3v) is 0. The topological polar surface area (TPSA) is 0 Å². The Morgan fingerprint density at radius 1 is 1.50 bits per heavy atom. The van der Waals surface area contributed by atoms with E-state index in [1.54, 1.807) is 11.8 Å². The van der Waals surface area contributed by atoms with Crippen molar-refractivity contribution in [2.24, 2.45) is 0 Å². The fourth-order valence-corrected chi connectivity index (χ4v) is 0. The molecule has 22 valence electrons. The Hall–Kier alpha value is 1.35. The fraction of sp³-hybridized carbons (Fsp3) is 1.00. The summed E-state index contributed by atoms with van der Waals surface area (Å²) < 4.78 is 0. The van der Waals surface area contributed by atoms with E-state index in [9.17, 15) is 0 Å². The molecule has 0 unspecified atom stereocenters. The normalized spacial score (nSPS) is 4.50. The van der Waals surface area contributed by atoms with Crippen LogP contribution in [-0.2, 0) is 0 Å². The molecule has 0 atom stereocenters. The summed E-state index contributed by atoms with van der Waals surface area (Å²) in [7, 11) is 0. The Morgan fingerprint density at radius 2 is 1.50 bits per heavy atom. The van der Waals surface area contributed by atoms with Gasteiger partial charge in [-0.2, -0.15) is 11.8 Å². The van der Waals surface area contributed by atoms with E-state index in [2.05, 4.69) is 0 Å². The minimum Gasteiger partial charge on any atom is -1.00 e. The maximum atomic E-state index is 2.04. The molecule has 0 saturated carbocycles. The van der Waals surface area contributed by atoms with Gasteiger partial charge >= 0.3 is 29.6 Å². The van der Waals surface area contributed by atoms with E-state index in [1.807, 2.05) is 12.5 Å². The Balaban J connectivity index is -0.0000000200. The van der Waals surface area contributed by atoms with Crippen molar-refractivity contribution in [1.29, 1.82) is 0 Å². The molecule has 0 bridgehead atoms. The predicted molar refractivity (Wildman–Crippen MR) is 20.6 cm³/mol. The van der Waals surface area contributed by atoms with E-state index in [0.29, 0.717) is 0 Å². The maximum Gasteiger partial charge on any atom is 1.00 e. The average molecular weight is 86.1 g/mol. The van der Waals surface area contributed by atoms with Crippen LogP contribution in [0, 0.1) is 0 Å². The van der Waals surface area contributed by atoms with Crippen LogP contribution in [0.25, 0.3) is 0 Å². The van der Waals surface area contributed by atoms with Crippen LogP contribution < -0.4 is 29.6 Å². The minimum atomic E-state index is 0. The molecule has 0 nitrogen and oxygen atoms in total. The van der Waals surface area contributed by atoms with Crippen LogP contribution in [0.1, 0.15) is 1.43 Å². The van der Waals surface area contributed by atoms with E-state index in [1.165, 1.54) is 0 Å². The van der Waals surface area contributed by atoms with E-state index in [-0.39, 0.29) is 31.0 Å². The van der Waals surface area contributed by atoms with E-state index >= 15 is 0 Å². The summed E-state index contributed by atoms with van der Waals surface area (Å²) in [5.41, 5.74) is 0. The zero-order chi connectivity index (χ0) is 2.71. The van der Waals surface area contributed by atoms with Crippen molar-refractivity contribution in [3.8, 4) is 0 Å². The maximum absolute atomic E-state index is 2.04. The standard InChI is InChI=1S/C2H6S.Na.H/c1-3-2;;/h1-2H3;;/q;+1;-1. The van der Waals surface area contributed by atoms with Gasteiger partial charge < -0.3 is 1.43 Å². The van der Waals surface area contributed by atoms with Crippen LogP contribution in [-0.4, -0.2) is 12.5 Å². The van der Waals surface area contributed by atoms with Crippen molar-refractivity contribution in [3.63, 3.8) is 0 Å². The molecule has 4 heavy (non-hydrogen) atoms. The molecule has 0 N–H and O–H groups in total. The summed E-state index contributed by atoms with van der Waals surface area (Å²) in [6.45, 7) is 0. The van der Waals surface area contributed by atoms with Gasteiger partial charge in [-0.1, -0.05) is 0 Å². The van der Waals surface area contributed by atoms with Crippen molar-refractivity contribution >= 4 is 11.8 Å². The summed E-state index contributed by atoms with van der Waals surface area (Å²) in [6, 6.07) is 0. The Morgan fingerprint density at radius 3 is 1.50 bits per heavy atom. The molecule has 0 aromatic carbocycles. The zero-order valence-corrected chi connectivity index (χ0v) is 6.22. The SMILES string of the molecule is CSC.[H-].[Na+]. The molecule has 0 radical (unpaired) electrons. The number of thioether (sulfide) groups is 1. The van der Waals surface area contributed by atoms with Gasteiger partial charge in [0.25, 0.3) is 0 Å². The molecular formula is C2H7NaS. The number of rotatable bonds is 0. The van der Waals surface area contributed by atoms with Gasteiger partial charge in [0.2, 0.25) is 0 Å². The second kappa shape index (κ2) is 8.84. The quantitative estimate of drug-likeness (QED) is 0.310. The van der Waals surface area contributed by atoms with E-state index in [0.717, 1.165) is 0 Å². The monoisotopic (exact) mass is 86.0 g/mol. The van der Waals surface area contributed by atoms with Crippen LogP contribution in [0.4, 0.5) is 0 Å². The van der Waals surface area contributed by atoms with Gasteiger partial charge in [-0.3, -0.25) is 0 Å². The summed E-state index contributed by atoms with van der Waals surface area (Å²) in [5.74, 6) is 0. The molecule has 0 aromatic rings. The Kier molecular flexibility index (Phi) is 19.9. The Labute approximate surface area is 55.1 Å². The second-order valence-corrected chi connectivity index (χ2v) is 1.22. The summed E-state index contributed by atoms with van der Waals surface area (Å²) in [6.07, 6.45) is 4.08. The summed E-state index contributed by atoms with van der Waals surface area (Å²) in [5, 5.41) is 0. The van der Waals surface area contributed by atoms with Gasteiger partial charge in [-0.05, 0) is 12.5 Å². The van der Waals surface area contributed by atoms with Crippen molar-refractivity contribution in [1.82, 2.24) is 0 Å².